The zero-order valence-electron chi connectivity index (χ0n) is 12.9. The van der Waals surface area contributed by atoms with Gasteiger partial charge in [0, 0.05) is 6.08 Å². The van der Waals surface area contributed by atoms with Gasteiger partial charge in [0.25, 0.3) is 0 Å². The molecule has 0 radical (unpaired) electrons. The molecule has 0 aromatic heterocycles. The van der Waals surface area contributed by atoms with Crippen LogP contribution in [0.5, 0.6) is 5.75 Å². The van der Waals surface area contributed by atoms with Crippen molar-refractivity contribution >= 4 is 17.7 Å². The predicted octanol–water partition coefficient (Wildman–Crippen LogP) is 5.00. The standard InChI is InChI=1S/C17H12F5NO3/c18-16(19,23-14-4-2-1-3-13(14)15(24)25)10-9-11-5-7-12(8-6-11)26-17(20,21)22/h1-10,23H,(H,24,25)/b10-9+. The molecule has 2 aromatic carbocycles. The van der Waals surface area contributed by atoms with Crippen LogP contribution in [0, 0.1) is 0 Å². The molecule has 0 heterocycles. The summed E-state index contributed by atoms with van der Waals surface area (Å²) in [4.78, 5) is 11.0. The van der Waals surface area contributed by atoms with E-state index < -0.39 is 24.1 Å². The third-order valence-corrected chi connectivity index (χ3v) is 3.06. The van der Waals surface area contributed by atoms with E-state index in [1.807, 2.05) is 0 Å². The van der Waals surface area contributed by atoms with Gasteiger partial charge >= 0.3 is 18.4 Å². The molecule has 138 valence electrons. The van der Waals surface area contributed by atoms with Gasteiger partial charge in [0.1, 0.15) is 5.75 Å². The maximum Gasteiger partial charge on any atom is 0.573 e. The fourth-order valence-electron chi connectivity index (χ4n) is 1.98. The highest BCUT2D eigenvalue weighted by Gasteiger charge is 2.31. The fourth-order valence-corrected chi connectivity index (χ4v) is 1.98. The fraction of sp³-hybridized carbons (Fsp3) is 0.118. The normalized spacial score (nSPS) is 12.2. The second kappa shape index (κ2) is 7.42. The van der Waals surface area contributed by atoms with E-state index in [1.165, 1.54) is 36.4 Å². The van der Waals surface area contributed by atoms with Gasteiger partial charge in [-0.2, -0.15) is 8.78 Å². The minimum absolute atomic E-state index is 0.201. The summed E-state index contributed by atoms with van der Waals surface area (Å²) in [7, 11) is 0. The lowest BCUT2D eigenvalue weighted by molar-refractivity contribution is -0.274. The molecule has 2 rings (SSSR count). The molecule has 26 heavy (non-hydrogen) atoms. The number of hydrogen-bond acceptors (Lipinski definition) is 3. The van der Waals surface area contributed by atoms with Gasteiger partial charge in [0.05, 0.1) is 11.3 Å². The Labute approximate surface area is 144 Å². The number of hydrogen-bond donors (Lipinski definition) is 2. The minimum Gasteiger partial charge on any atom is -0.478 e. The molecule has 0 amide bonds. The summed E-state index contributed by atoms with van der Waals surface area (Å²) in [5.41, 5.74) is -0.398. The smallest absolute Gasteiger partial charge is 0.478 e. The van der Waals surface area contributed by atoms with Crippen molar-refractivity contribution in [3.05, 3.63) is 65.7 Å². The first-order valence-electron chi connectivity index (χ1n) is 7.09. The summed E-state index contributed by atoms with van der Waals surface area (Å²) in [6.07, 6.45) is -3.40. The van der Waals surface area contributed by atoms with E-state index in [1.54, 1.807) is 5.32 Å². The SMILES string of the molecule is O=C(O)c1ccccc1NC(F)(F)/C=C/c1ccc(OC(F)(F)F)cc1. The highest BCUT2D eigenvalue weighted by atomic mass is 19.4. The van der Waals surface area contributed by atoms with E-state index in [4.69, 9.17) is 5.11 Å². The van der Waals surface area contributed by atoms with Gasteiger partial charge < -0.3 is 15.2 Å². The van der Waals surface area contributed by atoms with Crippen LogP contribution in [0.15, 0.2) is 54.6 Å². The van der Waals surface area contributed by atoms with E-state index in [0.29, 0.717) is 6.08 Å². The Morgan fingerprint density at radius 2 is 1.62 bits per heavy atom. The van der Waals surface area contributed by atoms with E-state index in [2.05, 4.69) is 4.74 Å². The number of ether oxygens (including phenoxy) is 1. The predicted molar refractivity (Wildman–Crippen MR) is 84.1 cm³/mol. The molecule has 0 saturated heterocycles. The van der Waals surface area contributed by atoms with E-state index in [-0.39, 0.29) is 16.8 Å². The molecular formula is C17H12F5NO3. The zero-order valence-corrected chi connectivity index (χ0v) is 12.9. The monoisotopic (exact) mass is 373 g/mol. The quantitative estimate of drug-likeness (QED) is 0.553. The summed E-state index contributed by atoms with van der Waals surface area (Å²) in [5, 5.41) is 10.8. The highest BCUT2D eigenvalue weighted by Crippen LogP contribution is 2.26. The maximum absolute atomic E-state index is 14.0. The lowest BCUT2D eigenvalue weighted by Gasteiger charge is -2.17. The van der Waals surface area contributed by atoms with Gasteiger partial charge in [-0.15, -0.1) is 13.2 Å². The molecule has 0 unspecified atom stereocenters. The Morgan fingerprint density at radius 3 is 2.19 bits per heavy atom. The lowest BCUT2D eigenvalue weighted by atomic mass is 10.1. The van der Waals surface area contributed by atoms with Crippen molar-refractivity contribution in [2.24, 2.45) is 0 Å². The third-order valence-electron chi connectivity index (χ3n) is 3.06. The Kier molecular flexibility index (Phi) is 5.49. The number of carboxylic acid groups (broad SMARTS) is 1. The van der Waals surface area contributed by atoms with Crippen molar-refractivity contribution < 1.29 is 36.6 Å². The molecule has 0 aliphatic heterocycles. The number of para-hydroxylation sites is 1. The van der Waals surface area contributed by atoms with E-state index in [9.17, 15) is 26.7 Å². The van der Waals surface area contributed by atoms with Crippen LogP contribution in [0.4, 0.5) is 27.6 Å². The third kappa shape index (κ3) is 5.76. The van der Waals surface area contributed by atoms with Crippen molar-refractivity contribution in [1.29, 1.82) is 0 Å². The summed E-state index contributed by atoms with van der Waals surface area (Å²) in [6.45, 7) is 0. The van der Waals surface area contributed by atoms with Gasteiger partial charge in [-0.05, 0) is 29.8 Å². The number of carboxylic acids is 1. The van der Waals surface area contributed by atoms with Gasteiger partial charge in [-0.3, -0.25) is 0 Å². The highest BCUT2D eigenvalue weighted by molar-refractivity contribution is 5.94. The van der Waals surface area contributed by atoms with Crippen LogP contribution < -0.4 is 10.1 Å². The molecule has 0 aliphatic rings. The Balaban J connectivity index is 2.10. The topological polar surface area (TPSA) is 58.6 Å². The van der Waals surface area contributed by atoms with Crippen LogP contribution in [0.2, 0.25) is 0 Å². The molecule has 0 saturated carbocycles. The molecular weight excluding hydrogens is 361 g/mol. The molecule has 4 nitrogen and oxygen atoms in total. The number of carbonyl (C=O) groups is 1. The molecule has 0 aliphatic carbocycles. The maximum atomic E-state index is 14.0. The van der Waals surface area contributed by atoms with Crippen LogP contribution in [0.3, 0.4) is 0 Å². The Morgan fingerprint density at radius 1 is 1.00 bits per heavy atom. The van der Waals surface area contributed by atoms with Crippen LogP contribution in [-0.4, -0.2) is 23.5 Å². The second-order valence-electron chi connectivity index (χ2n) is 5.05. The first kappa shape index (κ1) is 19.2. The van der Waals surface area contributed by atoms with E-state index in [0.717, 1.165) is 18.2 Å². The van der Waals surface area contributed by atoms with Crippen molar-refractivity contribution in [2.45, 2.75) is 12.4 Å². The van der Waals surface area contributed by atoms with Crippen LogP contribution in [-0.2, 0) is 0 Å². The van der Waals surface area contributed by atoms with Gasteiger partial charge in [-0.25, -0.2) is 4.79 Å². The molecule has 9 heteroatoms. The number of nitrogens with one attached hydrogen (secondary N) is 1. The van der Waals surface area contributed by atoms with Crippen LogP contribution >= 0.6 is 0 Å². The molecule has 2 aromatic rings. The molecule has 2 N–H and O–H groups in total. The van der Waals surface area contributed by atoms with Crippen LogP contribution in [0.1, 0.15) is 15.9 Å². The molecule has 0 fully saturated rings. The number of halogens is 5. The number of alkyl halides is 5. The van der Waals surface area contributed by atoms with Crippen molar-refractivity contribution in [2.75, 3.05) is 5.32 Å². The van der Waals surface area contributed by atoms with Crippen molar-refractivity contribution in [1.82, 2.24) is 0 Å². The molecule has 0 atom stereocenters. The van der Waals surface area contributed by atoms with Gasteiger partial charge in [-0.1, -0.05) is 30.3 Å². The number of rotatable bonds is 6. The summed E-state index contributed by atoms with van der Waals surface area (Å²) < 4.78 is 67.8. The first-order chi connectivity index (χ1) is 12.1. The van der Waals surface area contributed by atoms with Crippen molar-refractivity contribution in [3.8, 4) is 5.75 Å². The largest absolute Gasteiger partial charge is 0.573 e. The molecule has 0 spiro atoms. The molecule has 0 bridgehead atoms. The number of aromatic carboxylic acids is 1. The van der Waals surface area contributed by atoms with Crippen molar-refractivity contribution in [3.63, 3.8) is 0 Å². The summed E-state index contributed by atoms with van der Waals surface area (Å²) in [6, 6.07) is 5.86. The average Bonchev–Trinajstić information content (AvgIpc) is 2.53. The first-order valence-corrected chi connectivity index (χ1v) is 7.09. The average molecular weight is 373 g/mol. The number of anilines is 1. The Hall–Kier alpha value is -3.10. The second-order valence-corrected chi connectivity index (χ2v) is 5.05. The minimum atomic E-state index is -4.84. The van der Waals surface area contributed by atoms with Gasteiger partial charge in [0.2, 0.25) is 0 Å². The number of benzene rings is 2. The zero-order chi connectivity index (χ0) is 19.4. The van der Waals surface area contributed by atoms with Crippen LogP contribution in [0.25, 0.3) is 6.08 Å². The lowest BCUT2D eigenvalue weighted by Crippen LogP contribution is -2.25. The summed E-state index contributed by atoms with van der Waals surface area (Å²) >= 11 is 0. The summed E-state index contributed by atoms with van der Waals surface area (Å²) in [5.74, 6) is -1.84. The van der Waals surface area contributed by atoms with E-state index >= 15 is 0 Å². The van der Waals surface area contributed by atoms with Gasteiger partial charge in [0.15, 0.2) is 0 Å². The Bertz CT molecular complexity index is 801.